The van der Waals surface area contributed by atoms with Gasteiger partial charge in [0.25, 0.3) is 10.0 Å². The summed E-state index contributed by atoms with van der Waals surface area (Å²) < 4.78 is 83.0. The lowest BCUT2D eigenvalue weighted by molar-refractivity contribution is -0.140. The first-order valence-electron chi connectivity index (χ1n) is 10.7. The Morgan fingerprint density at radius 3 is 2.08 bits per heavy atom. The van der Waals surface area contributed by atoms with E-state index in [1.54, 1.807) is 49.4 Å². The van der Waals surface area contributed by atoms with E-state index in [0.29, 0.717) is 15.2 Å². The SMILES string of the molecule is Cc1ccc(S(=O)(=O)n2nc(-c3ccc(F)cc3)c3c(-c4ccccc4)cc(C(F)(F)F)nc32)cc1. The van der Waals surface area contributed by atoms with E-state index in [1.165, 1.54) is 24.3 Å². The summed E-state index contributed by atoms with van der Waals surface area (Å²) in [6, 6.07) is 20.0. The largest absolute Gasteiger partial charge is 0.433 e. The van der Waals surface area contributed by atoms with Gasteiger partial charge in [0.2, 0.25) is 0 Å². The molecule has 10 heteroatoms. The molecule has 0 atom stereocenters. The number of halogens is 4. The standard InChI is InChI=1S/C26H17F4N3O2S/c1-16-7-13-20(14-8-16)36(34,35)33-25-23(24(32-33)18-9-11-19(27)12-10-18)21(17-5-3-2-4-6-17)15-22(31-25)26(28,29)30/h2-15H,1H3. The Morgan fingerprint density at radius 1 is 0.833 bits per heavy atom. The molecule has 0 amide bonds. The van der Waals surface area contributed by atoms with Crippen LogP contribution in [0.3, 0.4) is 0 Å². The second-order valence-electron chi connectivity index (χ2n) is 8.13. The van der Waals surface area contributed by atoms with Crippen molar-refractivity contribution in [3.63, 3.8) is 0 Å². The topological polar surface area (TPSA) is 64.8 Å². The molecule has 0 fully saturated rings. The zero-order chi connectivity index (χ0) is 25.7. The molecule has 0 radical (unpaired) electrons. The Balaban J connectivity index is 1.93. The average Bonchev–Trinajstić information content (AvgIpc) is 3.25. The third-order valence-electron chi connectivity index (χ3n) is 5.65. The predicted molar refractivity (Wildman–Crippen MR) is 127 cm³/mol. The molecule has 0 unspecified atom stereocenters. The third-order valence-corrected chi connectivity index (χ3v) is 7.23. The maximum Gasteiger partial charge on any atom is 0.433 e. The van der Waals surface area contributed by atoms with Crippen LogP contribution in [0.5, 0.6) is 0 Å². The van der Waals surface area contributed by atoms with E-state index in [9.17, 15) is 26.0 Å². The van der Waals surface area contributed by atoms with Crippen LogP contribution in [0.25, 0.3) is 33.4 Å². The van der Waals surface area contributed by atoms with Gasteiger partial charge in [0.05, 0.1) is 10.3 Å². The fraction of sp³-hybridized carbons (Fsp3) is 0.0769. The van der Waals surface area contributed by atoms with Crippen LogP contribution >= 0.6 is 0 Å². The highest BCUT2D eigenvalue weighted by Gasteiger charge is 2.36. The summed E-state index contributed by atoms with van der Waals surface area (Å²) in [6.45, 7) is 1.77. The number of aromatic nitrogens is 3. The number of pyridine rings is 1. The molecule has 0 saturated carbocycles. The summed E-state index contributed by atoms with van der Waals surface area (Å²) in [4.78, 5) is 3.56. The maximum absolute atomic E-state index is 13.9. The van der Waals surface area contributed by atoms with E-state index < -0.39 is 33.4 Å². The second-order valence-corrected chi connectivity index (χ2v) is 9.90. The van der Waals surface area contributed by atoms with Gasteiger partial charge in [-0.25, -0.2) is 9.37 Å². The van der Waals surface area contributed by atoms with Gasteiger partial charge in [-0.1, -0.05) is 48.0 Å². The summed E-state index contributed by atoms with van der Waals surface area (Å²) in [5, 5.41) is 4.34. The van der Waals surface area contributed by atoms with Crippen molar-refractivity contribution in [3.05, 3.63) is 102 Å². The van der Waals surface area contributed by atoms with Crippen LogP contribution in [-0.2, 0) is 16.2 Å². The van der Waals surface area contributed by atoms with Crippen molar-refractivity contribution < 1.29 is 26.0 Å². The summed E-state index contributed by atoms with van der Waals surface area (Å²) in [7, 11) is -4.44. The van der Waals surface area contributed by atoms with Gasteiger partial charge >= 0.3 is 6.18 Å². The highest BCUT2D eigenvalue weighted by molar-refractivity contribution is 7.90. The fourth-order valence-electron chi connectivity index (χ4n) is 3.87. The van der Waals surface area contributed by atoms with Crippen LogP contribution in [0.4, 0.5) is 17.6 Å². The van der Waals surface area contributed by atoms with Crippen LogP contribution < -0.4 is 0 Å². The lowest BCUT2D eigenvalue weighted by Crippen LogP contribution is -2.16. The Morgan fingerprint density at radius 2 is 1.47 bits per heavy atom. The van der Waals surface area contributed by atoms with E-state index in [0.717, 1.165) is 23.8 Å². The zero-order valence-electron chi connectivity index (χ0n) is 18.7. The molecule has 0 aliphatic heterocycles. The summed E-state index contributed by atoms with van der Waals surface area (Å²) in [5.41, 5.74) is -0.0686. The number of aryl methyl sites for hydroxylation is 1. The molecule has 182 valence electrons. The van der Waals surface area contributed by atoms with Crippen LogP contribution in [0.15, 0.2) is 89.8 Å². The van der Waals surface area contributed by atoms with Gasteiger partial charge in [-0.05, 0) is 60.5 Å². The highest BCUT2D eigenvalue weighted by Crippen LogP contribution is 2.40. The number of nitrogens with zero attached hydrogens (tertiary/aromatic N) is 3. The number of benzene rings is 3. The zero-order valence-corrected chi connectivity index (χ0v) is 19.5. The molecule has 0 bridgehead atoms. The van der Waals surface area contributed by atoms with Crippen molar-refractivity contribution in [3.8, 4) is 22.4 Å². The molecular weight excluding hydrogens is 494 g/mol. The summed E-state index contributed by atoms with van der Waals surface area (Å²) >= 11 is 0. The molecular formula is C26H17F4N3O2S. The summed E-state index contributed by atoms with van der Waals surface area (Å²) in [6.07, 6.45) is -4.85. The average molecular weight is 512 g/mol. The molecule has 0 saturated heterocycles. The van der Waals surface area contributed by atoms with Gasteiger partial charge in [-0.2, -0.15) is 26.7 Å². The summed E-state index contributed by atoms with van der Waals surface area (Å²) in [5.74, 6) is -0.532. The van der Waals surface area contributed by atoms with Gasteiger partial charge in [-0.15, -0.1) is 4.09 Å². The molecule has 2 heterocycles. The molecule has 36 heavy (non-hydrogen) atoms. The number of alkyl halides is 3. The van der Waals surface area contributed by atoms with E-state index in [2.05, 4.69) is 10.1 Å². The fourth-order valence-corrected chi connectivity index (χ4v) is 5.10. The monoisotopic (exact) mass is 511 g/mol. The van der Waals surface area contributed by atoms with E-state index in [4.69, 9.17) is 0 Å². The number of hydrogen-bond acceptors (Lipinski definition) is 4. The van der Waals surface area contributed by atoms with Gasteiger partial charge in [0.1, 0.15) is 17.2 Å². The van der Waals surface area contributed by atoms with Crippen molar-refractivity contribution in [2.24, 2.45) is 0 Å². The smallest absolute Gasteiger partial charge is 0.223 e. The van der Waals surface area contributed by atoms with Crippen molar-refractivity contribution >= 4 is 21.1 Å². The van der Waals surface area contributed by atoms with Crippen molar-refractivity contribution in [2.45, 2.75) is 18.0 Å². The molecule has 5 rings (SSSR count). The normalized spacial score (nSPS) is 12.2. The van der Waals surface area contributed by atoms with E-state index in [-0.39, 0.29) is 21.5 Å². The molecule has 0 aliphatic rings. The lowest BCUT2D eigenvalue weighted by atomic mass is 9.98. The molecule has 5 aromatic rings. The van der Waals surface area contributed by atoms with Gasteiger partial charge in [-0.3, -0.25) is 0 Å². The maximum atomic E-state index is 13.9. The van der Waals surface area contributed by atoms with E-state index in [1.807, 2.05) is 0 Å². The lowest BCUT2D eigenvalue weighted by Gasteiger charge is -2.12. The van der Waals surface area contributed by atoms with Crippen molar-refractivity contribution in [1.29, 1.82) is 0 Å². The minimum atomic E-state index is -4.85. The Labute approximate surface area is 203 Å². The molecule has 2 aromatic heterocycles. The van der Waals surface area contributed by atoms with Crippen LogP contribution in [-0.4, -0.2) is 22.6 Å². The van der Waals surface area contributed by atoms with Gasteiger partial charge in [0, 0.05) is 5.56 Å². The number of hydrogen-bond donors (Lipinski definition) is 0. The molecule has 5 nitrogen and oxygen atoms in total. The first-order valence-corrected chi connectivity index (χ1v) is 12.1. The molecule has 0 aliphatic carbocycles. The Kier molecular flexibility index (Phi) is 5.63. The van der Waals surface area contributed by atoms with Crippen LogP contribution in [0.1, 0.15) is 11.3 Å². The first kappa shape index (κ1) is 23.7. The quantitative estimate of drug-likeness (QED) is 0.260. The number of rotatable bonds is 4. The van der Waals surface area contributed by atoms with Crippen molar-refractivity contribution in [2.75, 3.05) is 0 Å². The van der Waals surface area contributed by atoms with Crippen molar-refractivity contribution in [1.82, 2.24) is 14.2 Å². The second kappa shape index (κ2) is 8.56. The minimum Gasteiger partial charge on any atom is -0.223 e. The Hall–Kier alpha value is -4.05. The van der Waals surface area contributed by atoms with Crippen LogP contribution in [0, 0.1) is 12.7 Å². The molecule has 0 N–H and O–H groups in total. The highest BCUT2D eigenvalue weighted by atomic mass is 32.2. The van der Waals surface area contributed by atoms with Gasteiger partial charge in [0.15, 0.2) is 5.65 Å². The van der Waals surface area contributed by atoms with E-state index >= 15 is 0 Å². The Bertz CT molecular complexity index is 1680. The van der Waals surface area contributed by atoms with Gasteiger partial charge < -0.3 is 0 Å². The molecule has 3 aromatic carbocycles. The van der Waals surface area contributed by atoms with Crippen LogP contribution in [0.2, 0.25) is 0 Å². The first-order chi connectivity index (χ1) is 17.1. The molecule has 0 spiro atoms. The predicted octanol–water partition coefficient (Wildman–Crippen LogP) is 6.47. The minimum absolute atomic E-state index is 0.0563. The third kappa shape index (κ3) is 4.13. The number of fused-ring (bicyclic) bond motifs is 1.